The van der Waals surface area contributed by atoms with Crippen LogP contribution in [-0.4, -0.2) is 6.29 Å². The van der Waals surface area contributed by atoms with Crippen LogP contribution in [0.5, 0.6) is 0 Å². The Labute approximate surface area is 73.8 Å². The van der Waals surface area contributed by atoms with Gasteiger partial charge in [-0.1, -0.05) is 19.4 Å². The standard InChI is InChI=1S/C11H16O/c1-7-4-9-10(11(9,2)3)5-8(7)6-12/h6,9-10H,4-5H2,1-3H3. The summed E-state index contributed by atoms with van der Waals surface area (Å²) in [6.07, 6.45) is 3.25. The van der Waals surface area contributed by atoms with E-state index >= 15 is 0 Å². The first-order valence-electron chi connectivity index (χ1n) is 4.71. The molecule has 2 rings (SSSR count). The van der Waals surface area contributed by atoms with Gasteiger partial charge in [-0.3, -0.25) is 4.79 Å². The van der Waals surface area contributed by atoms with E-state index in [0.717, 1.165) is 36.5 Å². The van der Waals surface area contributed by atoms with Gasteiger partial charge < -0.3 is 0 Å². The fourth-order valence-corrected chi connectivity index (χ4v) is 2.69. The van der Waals surface area contributed by atoms with E-state index in [1.54, 1.807) is 0 Å². The quantitative estimate of drug-likeness (QED) is 0.544. The average molecular weight is 164 g/mol. The first-order chi connectivity index (χ1) is 5.57. The zero-order valence-corrected chi connectivity index (χ0v) is 8.05. The van der Waals surface area contributed by atoms with Crippen molar-refractivity contribution in [3.8, 4) is 0 Å². The molecule has 0 aromatic carbocycles. The summed E-state index contributed by atoms with van der Waals surface area (Å²) in [5.41, 5.74) is 2.91. The molecule has 0 heterocycles. The summed E-state index contributed by atoms with van der Waals surface area (Å²) < 4.78 is 0. The van der Waals surface area contributed by atoms with Gasteiger partial charge in [0.15, 0.2) is 0 Å². The molecule has 0 aromatic rings. The van der Waals surface area contributed by atoms with Gasteiger partial charge >= 0.3 is 0 Å². The molecule has 0 saturated heterocycles. The van der Waals surface area contributed by atoms with Crippen molar-refractivity contribution in [3.63, 3.8) is 0 Å². The molecule has 0 aromatic heterocycles. The van der Waals surface area contributed by atoms with Crippen LogP contribution in [0.25, 0.3) is 0 Å². The fraction of sp³-hybridized carbons (Fsp3) is 0.727. The molecule has 0 bridgehead atoms. The van der Waals surface area contributed by atoms with Gasteiger partial charge in [-0.15, -0.1) is 0 Å². The van der Waals surface area contributed by atoms with Crippen LogP contribution in [0.15, 0.2) is 11.1 Å². The van der Waals surface area contributed by atoms with E-state index < -0.39 is 0 Å². The summed E-state index contributed by atoms with van der Waals surface area (Å²) in [5.74, 6) is 1.66. The highest BCUT2D eigenvalue weighted by Gasteiger charge is 2.58. The van der Waals surface area contributed by atoms with Crippen molar-refractivity contribution in [2.45, 2.75) is 33.6 Å². The molecule has 0 radical (unpaired) electrons. The van der Waals surface area contributed by atoms with Gasteiger partial charge in [0.2, 0.25) is 0 Å². The van der Waals surface area contributed by atoms with Crippen LogP contribution in [0, 0.1) is 17.3 Å². The zero-order valence-electron chi connectivity index (χ0n) is 8.05. The molecular weight excluding hydrogens is 148 g/mol. The van der Waals surface area contributed by atoms with Crippen LogP contribution in [-0.2, 0) is 4.79 Å². The number of fused-ring (bicyclic) bond motifs is 1. The Morgan fingerprint density at radius 2 is 1.92 bits per heavy atom. The Morgan fingerprint density at radius 3 is 2.50 bits per heavy atom. The van der Waals surface area contributed by atoms with Gasteiger partial charge in [0.05, 0.1) is 0 Å². The number of aldehydes is 1. The third-order valence-corrected chi connectivity index (χ3v) is 3.94. The van der Waals surface area contributed by atoms with Crippen molar-refractivity contribution < 1.29 is 4.79 Å². The monoisotopic (exact) mass is 164 g/mol. The minimum Gasteiger partial charge on any atom is -0.298 e. The number of hydrogen-bond donors (Lipinski definition) is 0. The summed E-state index contributed by atoms with van der Waals surface area (Å²) in [4.78, 5) is 10.7. The van der Waals surface area contributed by atoms with E-state index in [4.69, 9.17) is 0 Å². The lowest BCUT2D eigenvalue weighted by Gasteiger charge is -2.11. The van der Waals surface area contributed by atoms with Crippen molar-refractivity contribution in [2.75, 3.05) is 0 Å². The molecular formula is C11H16O. The molecule has 12 heavy (non-hydrogen) atoms. The first-order valence-corrected chi connectivity index (χ1v) is 4.71. The Hall–Kier alpha value is -0.590. The fourth-order valence-electron chi connectivity index (χ4n) is 2.69. The third kappa shape index (κ3) is 0.886. The second-order valence-electron chi connectivity index (χ2n) is 4.87. The van der Waals surface area contributed by atoms with Gasteiger partial charge in [-0.25, -0.2) is 0 Å². The topological polar surface area (TPSA) is 17.1 Å². The van der Waals surface area contributed by atoms with Crippen molar-refractivity contribution in [1.82, 2.24) is 0 Å². The van der Waals surface area contributed by atoms with Crippen molar-refractivity contribution in [3.05, 3.63) is 11.1 Å². The number of carbonyl (C=O) groups excluding carboxylic acids is 1. The Balaban J connectivity index is 2.20. The van der Waals surface area contributed by atoms with Gasteiger partial charge in [-0.2, -0.15) is 0 Å². The molecule has 0 N–H and O–H groups in total. The van der Waals surface area contributed by atoms with Crippen LogP contribution in [0.3, 0.4) is 0 Å². The maximum Gasteiger partial charge on any atom is 0.145 e. The summed E-state index contributed by atoms with van der Waals surface area (Å²) in [5, 5.41) is 0. The van der Waals surface area contributed by atoms with E-state index in [0.29, 0.717) is 5.41 Å². The van der Waals surface area contributed by atoms with Crippen LogP contribution < -0.4 is 0 Å². The predicted octanol–water partition coefficient (Wildman–Crippen LogP) is 2.57. The highest BCUT2D eigenvalue weighted by atomic mass is 16.1. The Kier molecular flexibility index (Phi) is 1.48. The number of rotatable bonds is 1. The smallest absolute Gasteiger partial charge is 0.145 e. The van der Waals surface area contributed by atoms with Gasteiger partial charge in [0, 0.05) is 0 Å². The van der Waals surface area contributed by atoms with E-state index in [-0.39, 0.29) is 0 Å². The lowest BCUT2D eigenvalue weighted by molar-refractivity contribution is -0.105. The lowest BCUT2D eigenvalue weighted by Crippen LogP contribution is -2.00. The van der Waals surface area contributed by atoms with Gasteiger partial charge in [0.1, 0.15) is 6.29 Å². The van der Waals surface area contributed by atoms with E-state index in [1.807, 2.05) is 0 Å². The normalized spacial score (nSPS) is 37.6. The summed E-state index contributed by atoms with van der Waals surface area (Å²) in [6.45, 7) is 6.75. The molecule has 1 saturated carbocycles. The number of allylic oxidation sites excluding steroid dienone is 2. The Morgan fingerprint density at radius 1 is 1.33 bits per heavy atom. The van der Waals surface area contributed by atoms with E-state index in [1.165, 1.54) is 5.57 Å². The van der Waals surface area contributed by atoms with E-state index in [2.05, 4.69) is 20.8 Å². The summed E-state index contributed by atoms with van der Waals surface area (Å²) in [7, 11) is 0. The highest BCUT2D eigenvalue weighted by Crippen LogP contribution is 2.65. The Bertz CT molecular complexity index is 260. The molecule has 1 fully saturated rings. The summed E-state index contributed by atoms with van der Waals surface area (Å²) in [6, 6.07) is 0. The van der Waals surface area contributed by atoms with Crippen LogP contribution >= 0.6 is 0 Å². The molecule has 1 heteroatoms. The average Bonchev–Trinajstić information content (AvgIpc) is 2.52. The summed E-state index contributed by atoms with van der Waals surface area (Å²) >= 11 is 0. The van der Waals surface area contributed by atoms with E-state index in [9.17, 15) is 4.79 Å². The third-order valence-electron chi connectivity index (χ3n) is 3.94. The molecule has 2 aliphatic carbocycles. The SMILES string of the molecule is CC1=C(C=O)CC2C(C1)C2(C)C. The second kappa shape index (κ2) is 2.21. The molecule has 66 valence electrons. The molecule has 0 amide bonds. The first kappa shape index (κ1) is 8.03. The maximum absolute atomic E-state index is 10.7. The van der Waals surface area contributed by atoms with Crippen LogP contribution in [0.2, 0.25) is 0 Å². The minimum absolute atomic E-state index is 0.506. The highest BCUT2D eigenvalue weighted by molar-refractivity contribution is 5.75. The molecule has 2 unspecified atom stereocenters. The molecule has 0 aliphatic heterocycles. The maximum atomic E-state index is 10.7. The van der Waals surface area contributed by atoms with Gasteiger partial charge in [-0.05, 0) is 42.6 Å². The van der Waals surface area contributed by atoms with Crippen LogP contribution in [0.4, 0.5) is 0 Å². The van der Waals surface area contributed by atoms with Crippen molar-refractivity contribution >= 4 is 6.29 Å². The molecule has 0 spiro atoms. The molecule has 2 aliphatic rings. The van der Waals surface area contributed by atoms with Crippen molar-refractivity contribution in [1.29, 1.82) is 0 Å². The largest absolute Gasteiger partial charge is 0.298 e. The minimum atomic E-state index is 0.506. The number of carbonyl (C=O) groups is 1. The molecule has 1 nitrogen and oxygen atoms in total. The number of hydrogen-bond acceptors (Lipinski definition) is 1. The lowest BCUT2D eigenvalue weighted by atomic mass is 9.94. The predicted molar refractivity (Wildman–Crippen MR) is 48.8 cm³/mol. The molecule has 2 atom stereocenters. The van der Waals surface area contributed by atoms with Crippen molar-refractivity contribution in [2.24, 2.45) is 17.3 Å². The zero-order chi connectivity index (χ0) is 8.93. The second-order valence-corrected chi connectivity index (χ2v) is 4.87. The van der Waals surface area contributed by atoms with Crippen LogP contribution in [0.1, 0.15) is 33.6 Å². The van der Waals surface area contributed by atoms with Gasteiger partial charge in [0.25, 0.3) is 0 Å².